The number of hydrogen-bond donors (Lipinski definition) is 2. The lowest BCUT2D eigenvalue weighted by Crippen LogP contribution is -2.35. The lowest BCUT2D eigenvalue weighted by atomic mass is 9.87. The monoisotopic (exact) mass is 260 g/mol. The Kier molecular flexibility index (Phi) is 3.33. The fourth-order valence-corrected chi connectivity index (χ4v) is 3.02. The van der Waals surface area contributed by atoms with E-state index in [1.54, 1.807) is 0 Å². The first-order valence-electron chi connectivity index (χ1n) is 7.08. The highest BCUT2D eigenvalue weighted by atomic mass is 16.4. The van der Waals surface area contributed by atoms with Gasteiger partial charge in [0.25, 0.3) is 0 Å². The molecule has 0 radical (unpaired) electrons. The van der Waals surface area contributed by atoms with Crippen LogP contribution in [-0.4, -0.2) is 15.8 Å². The largest absolute Gasteiger partial charge is 0.458 e. The summed E-state index contributed by atoms with van der Waals surface area (Å²) in [5.41, 5.74) is -0.279. The Balaban J connectivity index is 1.91. The maximum atomic E-state index is 10.7. The highest BCUT2D eigenvalue weighted by Crippen LogP contribution is 2.38. The van der Waals surface area contributed by atoms with E-state index < -0.39 is 11.7 Å². The Hall–Kier alpha value is -1.32. The van der Waals surface area contributed by atoms with E-state index in [1.165, 1.54) is 0 Å². The number of benzene rings is 1. The average molecular weight is 260 g/mol. The molecule has 102 valence electrons. The van der Waals surface area contributed by atoms with E-state index in [2.05, 4.69) is 0 Å². The van der Waals surface area contributed by atoms with Gasteiger partial charge in [0.2, 0.25) is 0 Å². The van der Waals surface area contributed by atoms with Crippen molar-refractivity contribution in [1.82, 2.24) is 0 Å². The van der Waals surface area contributed by atoms with E-state index in [-0.39, 0.29) is 0 Å². The summed E-state index contributed by atoms with van der Waals surface area (Å²) in [6.45, 7) is 0. The number of para-hydroxylation sites is 1. The van der Waals surface area contributed by atoms with E-state index in [0.717, 1.165) is 36.7 Å². The quantitative estimate of drug-likeness (QED) is 0.812. The predicted molar refractivity (Wildman–Crippen MR) is 73.8 cm³/mol. The van der Waals surface area contributed by atoms with Crippen LogP contribution in [0.15, 0.2) is 34.7 Å². The molecule has 0 spiro atoms. The molecule has 1 aliphatic carbocycles. The van der Waals surface area contributed by atoms with Crippen molar-refractivity contribution in [2.75, 3.05) is 0 Å². The molecule has 19 heavy (non-hydrogen) atoms. The molecule has 3 heteroatoms. The van der Waals surface area contributed by atoms with Gasteiger partial charge in [0.1, 0.15) is 17.4 Å². The van der Waals surface area contributed by atoms with Crippen LogP contribution in [0.3, 0.4) is 0 Å². The summed E-state index contributed by atoms with van der Waals surface area (Å²) in [5, 5.41) is 22.1. The van der Waals surface area contributed by atoms with Crippen molar-refractivity contribution in [3.05, 3.63) is 36.1 Å². The Morgan fingerprint density at radius 1 is 1.05 bits per heavy atom. The molecule has 3 nitrogen and oxygen atoms in total. The number of furan rings is 1. The molecule has 2 aromatic rings. The summed E-state index contributed by atoms with van der Waals surface area (Å²) in [6.07, 6.45) is 4.56. The molecule has 0 amide bonds. The average Bonchev–Trinajstić information content (AvgIpc) is 2.73. The zero-order valence-corrected chi connectivity index (χ0v) is 11.0. The molecule has 1 fully saturated rings. The van der Waals surface area contributed by atoms with Crippen LogP contribution >= 0.6 is 0 Å². The molecule has 1 unspecified atom stereocenters. The molecule has 3 rings (SSSR count). The number of fused-ring (bicyclic) bond motifs is 1. The number of rotatable bonds is 2. The molecular weight excluding hydrogens is 240 g/mol. The SMILES string of the molecule is OC(c1cc2ccccc2o1)C1(O)CCCCCC1. The molecule has 1 aromatic heterocycles. The molecule has 0 aliphatic heterocycles. The van der Waals surface area contributed by atoms with Crippen LogP contribution in [0.5, 0.6) is 0 Å². The Bertz CT molecular complexity index is 517. The maximum absolute atomic E-state index is 10.7. The van der Waals surface area contributed by atoms with Crippen molar-refractivity contribution in [3.8, 4) is 0 Å². The Morgan fingerprint density at radius 2 is 1.74 bits per heavy atom. The summed E-state index contributed by atoms with van der Waals surface area (Å²) in [6, 6.07) is 9.51. The van der Waals surface area contributed by atoms with Gasteiger partial charge in [-0.25, -0.2) is 0 Å². The van der Waals surface area contributed by atoms with Crippen LogP contribution in [0, 0.1) is 0 Å². The summed E-state index contributed by atoms with van der Waals surface area (Å²) in [5.74, 6) is 0.477. The summed E-state index contributed by atoms with van der Waals surface area (Å²) >= 11 is 0. The van der Waals surface area contributed by atoms with E-state index in [1.807, 2.05) is 30.3 Å². The third-order valence-corrected chi connectivity index (χ3v) is 4.19. The van der Waals surface area contributed by atoms with Crippen molar-refractivity contribution < 1.29 is 14.6 Å². The number of aliphatic hydroxyl groups is 2. The molecule has 1 heterocycles. The predicted octanol–water partition coefficient (Wildman–Crippen LogP) is 3.55. The second-order valence-corrected chi connectivity index (χ2v) is 5.61. The zero-order chi connectivity index (χ0) is 13.3. The van der Waals surface area contributed by atoms with E-state index in [0.29, 0.717) is 18.6 Å². The second kappa shape index (κ2) is 4.99. The number of hydrogen-bond acceptors (Lipinski definition) is 3. The fraction of sp³-hybridized carbons (Fsp3) is 0.500. The molecule has 0 saturated heterocycles. The van der Waals surface area contributed by atoms with Crippen LogP contribution in [-0.2, 0) is 0 Å². The minimum absolute atomic E-state index is 0.477. The lowest BCUT2D eigenvalue weighted by Gasteiger charge is -2.30. The van der Waals surface area contributed by atoms with Gasteiger partial charge in [0.15, 0.2) is 0 Å². The van der Waals surface area contributed by atoms with Gasteiger partial charge in [0.05, 0.1) is 5.60 Å². The van der Waals surface area contributed by atoms with Gasteiger partial charge in [-0.05, 0) is 25.0 Å². The van der Waals surface area contributed by atoms with Crippen LogP contribution < -0.4 is 0 Å². The zero-order valence-electron chi connectivity index (χ0n) is 11.0. The van der Waals surface area contributed by atoms with Gasteiger partial charge >= 0.3 is 0 Å². The molecule has 0 bridgehead atoms. The normalized spacial score (nSPS) is 21.2. The van der Waals surface area contributed by atoms with E-state index >= 15 is 0 Å². The van der Waals surface area contributed by atoms with Gasteiger partial charge < -0.3 is 14.6 Å². The first-order chi connectivity index (χ1) is 9.19. The second-order valence-electron chi connectivity index (χ2n) is 5.61. The Labute approximate surface area is 112 Å². The topological polar surface area (TPSA) is 53.6 Å². The smallest absolute Gasteiger partial charge is 0.140 e. The molecular formula is C16H20O3. The van der Waals surface area contributed by atoms with Crippen molar-refractivity contribution in [3.63, 3.8) is 0 Å². The highest BCUT2D eigenvalue weighted by Gasteiger charge is 2.38. The van der Waals surface area contributed by atoms with Crippen molar-refractivity contribution in [1.29, 1.82) is 0 Å². The highest BCUT2D eigenvalue weighted by molar-refractivity contribution is 5.77. The van der Waals surface area contributed by atoms with Gasteiger partial charge in [-0.1, -0.05) is 43.9 Å². The first-order valence-corrected chi connectivity index (χ1v) is 7.08. The number of aliphatic hydroxyl groups excluding tert-OH is 1. The molecule has 1 saturated carbocycles. The molecule has 2 N–H and O–H groups in total. The van der Waals surface area contributed by atoms with Gasteiger partial charge in [0, 0.05) is 5.39 Å². The fourth-order valence-electron chi connectivity index (χ4n) is 3.02. The maximum Gasteiger partial charge on any atom is 0.140 e. The Morgan fingerprint density at radius 3 is 2.42 bits per heavy atom. The standard InChI is InChI=1S/C16H20O3/c17-15(16(18)9-5-1-2-6-10-16)14-11-12-7-3-4-8-13(12)19-14/h3-4,7-8,11,15,17-18H,1-2,5-6,9-10H2. The first kappa shape index (κ1) is 12.7. The lowest BCUT2D eigenvalue weighted by molar-refractivity contribution is -0.0943. The van der Waals surface area contributed by atoms with Crippen LogP contribution in [0.2, 0.25) is 0 Å². The van der Waals surface area contributed by atoms with Crippen LogP contribution in [0.25, 0.3) is 11.0 Å². The molecule has 1 atom stereocenters. The van der Waals surface area contributed by atoms with Crippen molar-refractivity contribution in [2.45, 2.75) is 50.2 Å². The summed E-state index contributed by atoms with van der Waals surface area (Å²) in [7, 11) is 0. The summed E-state index contributed by atoms with van der Waals surface area (Å²) in [4.78, 5) is 0. The summed E-state index contributed by atoms with van der Waals surface area (Å²) < 4.78 is 5.68. The third-order valence-electron chi connectivity index (χ3n) is 4.19. The molecule has 1 aromatic carbocycles. The van der Waals surface area contributed by atoms with Crippen molar-refractivity contribution in [2.24, 2.45) is 0 Å². The minimum atomic E-state index is -1.04. The van der Waals surface area contributed by atoms with Gasteiger partial charge in [-0.15, -0.1) is 0 Å². The van der Waals surface area contributed by atoms with Crippen molar-refractivity contribution >= 4 is 11.0 Å². The van der Waals surface area contributed by atoms with Gasteiger partial charge in [-0.2, -0.15) is 0 Å². The van der Waals surface area contributed by atoms with Crippen LogP contribution in [0.1, 0.15) is 50.4 Å². The van der Waals surface area contributed by atoms with E-state index in [9.17, 15) is 10.2 Å². The third kappa shape index (κ3) is 2.40. The minimum Gasteiger partial charge on any atom is -0.458 e. The molecule has 1 aliphatic rings. The van der Waals surface area contributed by atoms with Gasteiger partial charge in [-0.3, -0.25) is 0 Å². The van der Waals surface area contributed by atoms with E-state index in [4.69, 9.17) is 4.42 Å². The van der Waals surface area contributed by atoms with Crippen LogP contribution in [0.4, 0.5) is 0 Å².